The molecule has 16 heavy (non-hydrogen) atoms. The summed E-state index contributed by atoms with van der Waals surface area (Å²) in [6, 6.07) is 5.72. The van der Waals surface area contributed by atoms with E-state index in [1.165, 1.54) is 0 Å². The summed E-state index contributed by atoms with van der Waals surface area (Å²) in [5, 5.41) is 4.04. The molecule has 0 amide bonds. The van der Waals surface area contributed by atoms with Crippen molar-refractivity contribution in [2.24, 2.45) is 11.7 Å². The fourth-order valence-corrected chi connectivity index (χ4v) is 1.66. The van der Waals surface area contributed by atoms with Gasteiger partial charge in [0, 0.05) is 17.6 Å². The fourth-order valence-electron chi connectivity index (χ4n) is 1.49. The number of nitrogens with one attached hydrogen (secondary N) is 1. The normalized spacial score (nSPS) is 12.6. The fraction of sp³-hybridized carbons (Fsp3) is 0.500. The molecule has 90 valence electrons. The lowest BCUT2D eigenvalue weighted by atomic mass is 10.0. The first kappa shape index (κ1) is 13.1. The molecule has 0 aliphatic carbocycles. The number of hydrogen-bond acceptors (Lipinski definition) is 3. The number of anilines is 1. The topological polar surface area (TPSA) is 47.3 Å². The highest BCUT2D eigenvalue weighted by atomic mass is 35.5. The first-order chi connectivity index (χ1) is 7.58. The smallest absolute Gasteiger partial charge is 0.142 e. The van der Waals surface area contributed by atoms with E-state index in [4.69, 9.17) is 22.1 Å². The molecule has 1 aromatic rings. The van der Waals surface area contributed by atoms with Crippen LogP contribution in [0, 0.1) is 5.92 Å². The Hall–Kier alpha value is -0.930. The molecule has 1 aromatic carbocycles. The van der Waals surface area contributed by atoms with E-state index in [0.29, 0.717) is 17.5 Å². The molecule has 1 unspecified atom stereocenters. The number of nitrogens with two attached hydrogens (primary N) is 1. The molecule has 0 bridgehead atoms. The number of ether oxygens (including phenoxy) is 1. The van der Waals surface area contributed by atoms with Crippen LogP contribution in [-0.2, 0) is 0 Å². The Morgan fingerprint density at radius 2 is 2.12 bits per heavy atom. The van der Waals surface area contributed by atoms with Gasteiger partial charge in [0.1, 0.15) is 5.75 Å². The maximum atomic E-state index is 5.95. The zero-order chi connectivity index (χ0) is 12.1. The average molecular weight is 243 g/mol. The molecule has 0 fully saturated rings. The molecule has 3 N–H and O–H groups in total. The molecule has 0 heterocycles. The summed E-state index contributed by atoms with van der Waals surface area (Å²) in [4.78, 5) is 0. The lowest BCUT2D eigenvalue weighted by Gasteiger charge is -2.23. The molecule has 0 aromatic heterocycles. The summed E-state index contributed by atoms with van der Waals surface area (Å²) in [5.41, 5.74) is 6.60. The molecule has 0 saturated heterocycles. The first-order valence-corrected chi connectivity index (χ1v) is 5.76. The van der Waals surface area contributed by atoms with Crippen molar-refractivity contribution in [3.63, 3.8) is 0 Å². The second-order valence-corrected chi connectivity index (χ2v) is 4.51. The zero-order valence-electron chi connectivity index (χ0n) is 9.96. The average Bonchev–Trinajstić information content (AvgIpc) is 2.25. The summed E-state index contributed by atoms with van der Waals surface area (Å²) in [6.45, 7) is 4.83. The molecule has 0 saturated carbocycles. The Morgan fingerprint density at radius 1 is 1.44 bits per heavy atom. The van der Waals surface area contributed by atoms with E-state index in [-0.39, 0.29) is 6.04 Å². The number of methoxy groups -OCH3 is 1. The molecule has 4 heteroatoms. The Morgan fingerprint density at radius 3 is 2.62 bits per heavy atom. The number of benzene rings is 1. The predicted octanol–water partition coefficient (Wildman–Crippen LogP) is 2.74. The summed E-state index contributed by atoms with van der Waals surface area (Å²) in [5.74, 6) is 1.23. The van der Waals surface area contributed by atoms with Gasteiger partial charge in [0.15, 0.2) is 0 Å². The summed E-state index contributed by atoms with van der Waals surface area (Å²) < 4.78 is 5.26. The number of hydrogen-bond donors (Lipinski definition) is 2. The first-order valence-electron chi connectivity index (χ1n) is 5.38. The van der Waals surface area contributed by atoms with Gasteiger partial charge >= 0.3 is 0 Å². The summed E-state index contributed by atoms with van der Waals surface area (Å²) >= 11 is 5.95. The monoisotopic (exact) mass is 242 g/mol. The third-order valence-electron chi connectivity index (χ3n) is 2.56. The van der Waals surface area contributed by atoms with E-state index in [0.717, 1.165) is 11.4 Å². The highest BCUT2D eigenvalue weighted by Gasteiger charge is 2.13. The van der Waals surface area contributed by atoms with Gasteiger partial charge < -0.3 is 15.8 Å². The minimum Gasteiger partial charge on any atom is -0.495 e. The van der Waals surface area contributed by atoms with Gasteiger partial charge in [0.25, 0.3) is 0 Å². The third kappa shape index (κ3) is 3.29. The van der Waals surface area contributed by atoms with Gasteiger partial charge in [-0.05, 0) is 24.1 Å². The predicted molar refractivity (Wildman–Crippen MR) is 69.3 cm³/mol. The Bertz CT molecular complexity index is 342. The van der Waals surface area contributed by atoms with Crippen LogP contribution >= 0.6 is 11.6 Å². The minimum atomic E-state index is 0.215. The van der Waals surface area contributed by atoms with E-state index in [2.05, 4.69) is 19.2 Å². The second kappa shape index (κ2) is 5.97. The van der Waals surface area contributed by atoms with E-state index in [1.807, 2.05) is 12.1 Å². The van der Waals surface area contributed by atoms with Gasteiger partial charge in [-0.2, -0.15) is 0 Å². The highest BCUT2D eigenvalue weighted by Crippen LogP contribution is 2.28. The van der Waals surface area contributed by atoms with Crippen LogP contribution in [0.25, 0.3) is 0 Å². The molecule has 0 aliphatic heterocycles. The van der Waals surface area contributed by atoms with Crippen molar-refractivity contribution >= 4 is 17.3 Å². The highest BCUT2D eigenvalue weighted by molar-refractivity contribution is 6.30. The molecule has 0 aliphatic rings. The standard InChI is InChI=1S/C12H19ClN2O/c1-8(2)11(7-14)15-10-6-9(13)4-5-12(10)16-3/h4-6,8,11,15H,7,14H2,1-3H3. The largest absolute Gasteiger partial charge is 0.495 e. The molecule has 1 atom stereocenters. The van der Waals surface area contributed by atoms with Gasteiger partial charge in [-0.3, -0.25) is 0 Å². The molecule has 0 radical (unpaired) electrons. The molecule has 1 rings (SSSR count). The van der Waals surface area contributed by atoms with Crippen LogP contribution < -0.4 is 15.8 Å². The van der Waals surface area contributed by atoms with Crippen LogP contribution in [-0.4, -0.2) is 19.7 Å². The van der Waals surface area contributed by atoms with E-state index < -0.39 is 0 Å². The van der Waals surface area contributed by atoms with Crippen molar-refractivity contribution in [3.05, 3.63) is 23.2 Å². The van der Waals surface area contributed by atoms with Crippen LogP contribution in [0.2, 0.25) is 5.02 Å². The van der Waals surface area contributed by atoms with Gasteiger partial charge in [-0.15, -0.1) is 0 Å². The SMILES string of the molecule is COc1ccc(Cl)cc1NC(CN)C(C)C. The lowest BCUT2D eigenvalue weighted by Crippen LogP contribution is -2.33. The Labute approximate surface area is 102 Å². The van der Waals surface area contributed by atoms with Crippen molar-refractivity contribution < 1.29 is 4.74 Å². The van der Waals surface area contributed by atoms with E-state index >= 15 is 0 Å². The maximum absolute atomic E-state index is 5.95. The van der Waals surface area contributed by atoms with Crippen LogP contribution in [0.1, 0.15) is 13.8 Å². The van der Waals surface area contributed by atoms with Gasteiger partial charge in [0.2, 0.25) is 0 Å². The van der Waals surface area contributed by atoms with E-state index in [9.17, 15) is 0 Å². The van der Waals surface area contributed by atoms with Crippen LogP contribution in [0.5, 0.6) is 5.75 Å². The third-order valence-corrected chi connectivity index (χ3v) is 2.80. The molecular weight excluding hydrogens is 224 g/mol. The second-order valence-electron chi connectivity index (χ2n) is 4.08. The summed E-state index contributed by atoms with van der Waals surface area (Å²) in [6.07, 6.45) is 0. The van der Waals surface area contributed by atoms with Crippen LogP contribution in [0.3, 0.4) is 0 Å². The molecule has 0 spiro atoms. The quantitative estimate of drug-likeness (QED) is 0.835. The van der Waals surface area contributed by atoms with Crippen molar-refractivity contribution in [2.75, 3.05) is 19.0 Å². The van der Waals surface area contributed by atoms with Gasteiger partial charge in [0.05, 0.1) is 12.8 Å². The van der Waals surface area contributed by atoms with Crippen molar-refractivity contribution in [3.8, 4) is 5.75 Å². The van der Waals surface area contributed by atoms with Crippen molar-refractivity contribution in [2.45, 2.75) is 19.9 Å². The van der Waals surface area contributed by atoms with Gasteiger partial charge in [-0.1, -0.05) is 25.4 Å². The number of halogens is 1. The van der Waals surface area contributed by atoms with Crippen LogP contribution in [0.4, 0.5) is 5.69 Å². The molecular formula is C12H19ClN2O. The number of rotatable bonds is 5. The van der Waals surface area contributed by atoms with Gasteiger partial charge in [-0.25, -0.2) is 0 Å². The van der Waals surface area contributed by atoms with Crippen LogP contribution in [0.15, 0.2) is 18.2 Å². The van der Waals surface area contributed by atoms with Crippen molar-refractivity contribution in [1.29, 1.82) is 0 Å². The lowest BCUT2D eigenvalue weighted by molar-refractivity contribution is 0.414. The molecule has 3 nitrogen and oxygen atoms in total. The van der Waals surface area contributed by atoms with Crippen molar-refractivity contribution in [1.82, 2.24) is 0 Å². The maximum Gasteiger partial charge on any atom is 0.142 e. The Kier molecular flexibility index (Phi) is 4.90. The minimum absolute atomic E-state index is 0.215. The zero-order valence-corrected chi connectivity index (χ0v) is 10.7. The Balaban J connectivity index is 2.89. The van der Waals surface area contributed by atoms with E-state index in [1.54, 1.807) is 13.2 Å². The summed E-state index contributed by atoms with van der Waals surface area (Å²) in [7, 11) is 1.64.